The van der Waals surface area contributed by atoms with Gasteiger partial charge in [0.2, 0.25) is 0 Å². The molecule has 3 heterocycles. The first-order valence-corrected chi connectivity index (χ1v) is 27.5. The van der Waals surface area contributed by atoms with Crippen LogP contribution in [0.3, 0.4) is 0 Å². The van der Waals surface area contributed by atoms with Crippen LogP contribution in [0.1, 0.15) is 123 Å². The Balaban J connectivity index is 1.54. The molecule has 1 nitrogen and oxygen atoms in total. The topological polar surface area (TPSA) is 4.93 Å². The number of aromatic nitrogens is 1. The van der Waals surface area contributed by atoms with Gasteiger partial charge in [0.1, 0.15) is 0 Å². The van der Waals surface area contributed by atoms with E-state index in [2.05, 4.69) is 110 Å². The summed E-state index contributed by atoms with van der Waals surface area (Å²) < 4.78 is 12.2. The zero-order valence-electron chi connectivity index (χ0n) is 28.6. The summed E-state index contributed by atoms with van der Waals surface area (Å²) in [7, 11) is 0. The van der Waals surface area contributed by atoms with Crippen molar-refractivity contribution in [1.82, 2.24) is 4.57 Å². The molecule has 0 amide bonds. The predicted octanol–water partition coefficient (Wildman–Crippen LogP) is 13.6. The Kier molecular flexibility index (Phi) is 10.9. The van der Waals surface area contributed by atoms with Crippen molar-refractivity contribution in [3.63, 3.8) is 0 Å². The van der Waals surface area contributed by atoms with Crippen LogP contribution >= 0.6 is 22.7 Å². The maximum absolute atomic E-state index is 2.74. The molecule has 0 atom stereocenters. The zero-order chi connectivity index (χ0) is 31.4. The zero-order valence-corrected chi connectivity index (χ0v) is 33.1. The van der Waals surface area contributed by atoms with Crippen molar-refractivity contribution in [2.24, 2.45) is 0 Å². The van der Waals surface area contributed by atoms with E-state index in [0.29, 0.717) is 0 Å². The molecule has 0 bridgehead atoms. The Morgan fingerprint density at radius 3 is 1.89 bits per heavy atom. The number of fused-ring (bicyclic) bond motifs is 6. The molecule has 0 N–H and O–H groups in total. The second kappa shape index (κ2) is 14.7. The van der Waals surface area contributed by atoms with E-state index >= 15 is 0 Å². The van der Waals surface area contributed by atoms with Crippen molar-refractivity contribution < 1.29 is 0 Å². The number of nitrogens with zero attached hydrogens (tertiary/aromatic N) is 1. The summed E-state index contributed by atoms with van der Waals surface area (Å²) in [4.78, 5) is 0. The van der Waals surface area contributed by atoms with E-state index < -0.39 is 18.4 Å². The van der Waals surface area contributed by atoms with Gasteiger partial charge >= 0.3 is 287 Å². The number of thiophene rings is 2. The van der Waals surface area contributed by atoms with Crippen LogP contribution in [0.5, 0.6) is 0 Å². The minimum atomic E-state index is -2.54. The summed E-state index contributed by atoms with van der Waals surface area (Å²) in [5.74, 6) is 0. The van der Waals surface area contributed by atoms with Crippen LogP contribution in [0.15, 0.2) is 60.0 Å². The Hall–Kier alpha value is -1.56. The summed E-state index contributed by atoms with van der Waals surface area (Å²) in [6.45, 7) is 11.9. The summed E-state index contributed by atoms with van der Waals surface area (Å²) in [6.07, 6.45) is 15.8. The van der Waals surface area contributed by atoms with Crippen LogP contribution in [0.4, 0.5) is 0 Å². The number of hydrogen-bond donors (Lipinski definition) is 0. The summed E-state index contributed by atoms with van der Waals surface area (Å²) in [6, 6.07) is 22.1. The summed E-state index contributed by atoms with van der Waals surface area (Å²) in [5, 5.41) is 2.33. The molecule has 3 aromatic heterocycles. The molecule has 45 heavy (non-hydrogen) atoms. The van der Waals surface area contributed by atoms with Crippen molar-refractivity contribution in [3.05, 3.63) is 71.1 Å². The van der Waals surface area contributed by atoms with Gasteiger partial charge in [-0.15, -0.1) is 0 Å². The molecule has 0 spiro atoms. The van der Waals surface area contributed by atoms with E-state index in [-0.39, 0.29) is 5.41 Å². The third kappa shape index (κ3) is 6.01. The van der Waals surface area contributed by atoms with Gasteiger partial charge in [0.25, 0.3) is 0 Å². The molecule has 4 heteroatoms. The van der Waals surface area contributed by atoms with Gasteiger partial charge < -0.3 is 0 Å². The average Bonchev–Trinajstić information content (AvgIpc) is 3.83. The first-order valence-electron chi connectivity index (χ1n) is 18.3. The van der Waals surface area contributed by atoms with E-state index in [0.717, 1.165) is 0 Å². The van der Waals surface area contributed by atoms with Gasteiger partial charge in [-0.3, -0.25) is 0 Å². The molecule has 1 aliphatic carbocycles. The molecule has 6 rings (SSSR count). The fourth-order valence-electron chi connectivity index (χ4n) is 8.52. The van der Waals surface area contributed by atoms with Crippen LogP contribution in [-0.4, -0.2) is 22.9 Å². The van der Waals surface area contributed by atoms with Gasteiger partial charge in [0.05, 0.1) is 0 Å². The molecule has 0 aliphatic heterocycles. The third-order valence-electron chi connectivity index (χ3n) is 11.0. The Morgan fingerprint density at radius 1 is 0.622 bits per heavy atom. The van der Waals surface area contributed by atoms with Crippen molar-refractivity contribution in [2.45, 2.75) is 130 Å². The van der Waals surface area contributed by atoms with Gasteiger partial charge in [0, 0.05) is 0 Å². The first-order chi connectivity index (χ1) is 22.1. The van der Waals surface area contributed by atoms with Crippen molar-refractivity contribution >= 4 is 64.4 Å². The molecule has 240 valence electrons. The summed E-state index contributed by atoms with van der Waals surface area (Å²) >= 11 is 1.64. The van der Waals surface area contributed by atoms with Gasteiger partial charge in [-0.1, -0.05) is 0 Å². The molecule has 1 aliphatic rings. The van der Waals surface area contributed by atoms with E-state index in [9.17, 15) is 0 Å². The van der Waals surface area contributed by atoms with Crippen LogP contribution in [0.2, 0.25) is 13.3 Å². The Morgan fingerprint density at radius 2 is 1.24 bits per heavy atom. The van der Waals surface area contributed by atoms with Crippen molar-refractivity contribution in [3.8, 4) is 16.8 Å². The van der Waals surface area contributed by atoms with Crippen molar-refractivity contribution in [1.29, 1.82) is 0 Å². The standard InChI is InChI=1S/C29H28NS2.3C4H9.Sn/c1-3-5-15-29(16-6-4-2)23-10-8-7-9-21(23)22-12-11-20(19-24(22)29)30-25-13-17-31-27(25)28-26(30)14-18-32-28;3*1-3-4-2;/h7-14,17,19H,3-6,15-16H2,1-2H3;3*1,3-4H2,2H3;. The van der Waals surface area contributed by atoms with E-state index in [4.69, 9.17) is 0 Å². The maximum atomic E-state index is 2.74. The first kappa shape index (κ1) is 33.3. The fraction of sp³-hybridized carbons (Fsp3) is 0.512. The van der Waals surface area contributed by atoms with Gasteiger partial charge in [-0.05, 0) is 0 Å². The molecular weight excluding hydrogens is 689 g/mol. The Labute approximate surface area is 285 Å². The quantitative estimate of drug-likeness (QED) is 0.0836. The number of benzene rings is 2. The second-order valence-electron chi connectivity index (χ2n) is 14.0. The van der Waals surface area contributed by atoms with Gasteiger partial charge in [-0.25, -0.2) is 0 Å². The van der Waals surface area contributed by atoms with E-state index in [1.165, 1.54) is 123 Å². The van der Waals surface area contributed by atoms with E-state index in [1.54, 1.807) is 15.8 Å². The van der Waals surface area contributed by atoms with Crippen LogP contribution in [0, 0.1) is 0 Å². The second-order valence-corrected chi connectivity index (χ2v) is 30.1. The molecule has 5 aromatic rings. The molecular formula is C41H55NS2Sn. The predicted molar refractivity (Wildman–Crippen MR) is 206 cm³/mol. The van der Waals surface area contributed by atoms with Crippen molar-refractivity contribution in [2.75, 3.05) is 0 Å². The minimum absolute atomic E-state index is 0.125. The third-order valence-corrected chi connectivity index (χ3v) is 31.4. The molecule has 0 fully saturated rings. The molecule has 0 unspecified atom stereocenters. The van der Waals surface area contributed by atoms with Crippen LogP contribution in [-0.2, 0) is 5.41 Å². The fourth-order valence-corrected chi connectivity index (χ4v) is 29.8. The van der Waals surface area contributed by atoms with Crippen LogP contribution in [0.25, 0.3) is 37.2 Å². The molecule has 2 aromatic carbocycles. The van der Waals surface area contributed by atoms with Gasteiger partial charge in [-0.2, -0.15) is 0 Å². The average molecular weight is 745 g/mol. The molecule has 0 saturated heterocycles. The van der Waals surface area contributed by atoms with Gasteiger partial charge in [0.15, 0.2) is 0 Å². The van der Waals surface area contributed by atoms with E-state index in [1.807, 2.05) is 14.2 Å². The number of unbranched alkanes of at least 4 members (excludes halogenated alkanes) is 5. The number of hydrogen-bond acceptors (Lipinski definition) is 2. The monoisotopic (exact) mass is 745 g/mol. The molecule has 0 radical (unpaired) electrons. The molecule has 0 saturated carbocycles. The normalized spacial score (nSPS) is 14.1. The SMILES string of the molecule is CCCCC1(CCCC)c2ccccc2-c2ccc(-n3c4ccsc4c4s[c]([Sn]([CH2]CCC)([CH2]CCC)[CH2]CCC)cc43)cc21. The van der Waals surface area contributed by atoms with Crippen LogP contribution < -0.4 is 2.89 Å². The Bertz CT molecular complexity index is 1690. The summed E-state index contributed by atoms with van der Waals surface area (Å²) in [5.41, 5.74) is 10.5. The number of rotatable bonds is 17.